The molecule has 2 heterocycles. The van der Waals surface area contributed by atoms with E-state index in [1.807, 2.05) is 6.92 Å². The lowest BCUT2D eigenvalue weighted by Crippen LogP contribution is -2.51. The van der Waals surface area contributed by atoms with Crippen LogP contribution in [0.25, 0.3) is 0 Å². The Balaban J connectivity index is 2.03. The van der Waals surface area contributed by atoms with Crippen LogP contribution >= 0.6 is 11.8 Å². The molecule has 3 atom stereocenters. The van der Waals surface area contributed by atoms with Crippen LogP contribution in [0.2, 0.25) is 0 Å². The Hall–Kier alpha value is -1.24. The normalized spacial score (nSPS) is 29.2. The third-order valence-corrected chi connectivity index (χ3v) is 5.76. The van der Waals surface area contributed by atoms with Crippen LogP contribution in [-0.4, -0.2) is 65.0 Å². The highest BCUT2D eigenvalue weighted by Crippen LogP contribution is 2.47. The molecule has 118 valence electrons. The number of thioether (sulfide) groups is 1. The van der Waals surface area contributed by atoms with E-state index in [-0.39, 0.29) is 28.6 Å². The number of fused-ring (bicyclic) bond motifs is 1. The number of hydrogen-bond acceptors (Lipinski definition) is 5. The molecule has 0 saturated carbocycles. The lowest BCUT2D eigenvalue weighted by Gasteiger charge is -2.32. The topological polar surface area (TPSA) is 66.9 Å². The summed E-state index contributed by atoms with van der Waals surface area (Å²) in [5.41, 5.74) is 0. The van der Waals surface area contributed by atoms with Crippen LogP contribution in [0.1, 0.15) is 26.7 Å². The Bertz CT molecular complexity index is 470. The van der Waals surface area contributed by atoms with Crippen molar-refractivity contribution in [2.24, 2.45) is 5.92 Å². The SMILES string of the molecule is COC(=O)C(C)CN(C)C(=O)C1CSC2(C)CCC(=O)N12. The van der Waals surface area contributed by atoms with Gasteiger partial charge in [-0.1, -0.05) is 6.92 Å². The minimum Gasteiger partial charge on any atom is -0.469 e. The summed E-state index contributed by atoms with van der Waals surface area (Å²) < 4.78 is 4.67. The summed E-state index contributed by atoms with van der Waals surface area (Å²) in [5, 5.41) is 0. The molecule has 2 rings (SSSR count). The van der Waals surface area contributed by atoms with E-state index < -0.39 is 6.04 Å². The molecule has 2 saturated heterocycles. The number of ether oxygens (including phenoxy) is 1. The molecule has 0 aliphatic carbocycles. The molecule has 2 aliphatic heterocycles. The Morgan fingerprint density at radius 3 is 2.86 bits per heavy atom. The Labute approximate surface area is 129 Å². The Morgan fingerprint density at radius 1 is 1.57 bits per heavy atom. The number of carbonyl (C=O) groups is 3. The molecule has 3 unspecified atom stereocenters. The molecule has 0 aromatic rings. The molecule has 2 amide bonds. The van der Waals surface area contributed by atoms with Crippen LogP contribution in [-0.2, 0) is 19.1 Å². The summed E-state index contributed by atoms with van der Waals surface area (Å²) >= 11 is 1.67. The van der Waals surface area contributed by atoms with Crippen molar-refractivity contribution in [2.75, 3.05) is 26.5 Å². The summed E-state index contributed by atoms with van der Waals surface area (Å²) in [6.45, 7) is 4.04. The highest BCUT2D eigenvalue weighted by atomic mass is 32.2. The second kappa shape index (κ2) is 5.87. The van der Waals surface area contributed by atoms with Gasteiger partial charge in [0.05, 0.1) is 17.9 Å². The number of esters is 1. The second-order valence-corrected chi connectivity index (χ2v) is 7.41. The second-order valence-electron chi connectivity index (χ2n) is 5.91. The molecule has 2 aliphatic rings. The summed E-state index contributed by atoms with van der Waals surface area (Å²) in [6, 6.07) is -0.412. The minimum absolute atomic E-state index is 0.0512. The fraction of sp³-hybridized carbons (Fsp3) is 0.786. The van der Waals surface area contributed by atoms with Crippen molar-refractivity contribution in [1.29, 1.82) is 0 Å². The molecule has 0 spiro atoms. The van der Waals surface area contributed by atoms with Gasteiger partial charge in [0, 0.05) is 25.8 Å². The number of amides is 2. The molecular formula is C14H22N2O4S. The molecule has 0 aromatic heterocycles. The number of likely N-dealkylation sites (N-methyl/N-ethyl adjacent to an activating group) is 1. The first-order valence-electron chi connectivity index (χ1n) is 7.09. The average Bonchev–Trinajstić information content (AvgIpc) is 2.94. The summed E-state index contributed by atoms with van der Waals surface area (Å²) in [5.74, 6) is -0.137. The van der Waals surface area contributed by atoms with Crippen molar-refractivity contribution in [2.45, 2.75) is 37.6 Å². The molecule has 2 fully saturated rings. The molecule has 0 aromatic carbocycles. The maximum Gasteiger partial charge on any atom is 0.310 e. The van der Waals surface area contributed by atoms with Crippen LogP contribution in [0, 0.1) is 5.92 Å². The van der Waals surface area contributed by atoms with E-state index in [0.717, 1.165) is 6.42 Å². The minimum atomic E-state index is -0.412. The lowest BCUT2D eigenvalue weighted by molar-refractivity contribution is -0.148. The van der Waals surface area contributed by atoms with Crippen LogP contribution in [0.5, 0.6) is 0 Å². The van der Waals surface area contributed by atoms with Gasteiger partial charge in [-0.05, 0) is 13.3 Å². The first-order valence-corrected chi connectivity index (χ1v) is 8.07. The van der Waals surface area contributed by atoms with E-state index in [4.69, 9.17) is 0 Å². The fourth-order valence-corrected chi connectivity index (χ4v) is 4.46. The third-order valence-electron chi connectivity index (χ3n) is 4.26. The van der Waals surface area contributed by atoms with Crippen molar-refractivity contribution in [3.63, 3.8) is 0 Å². The highest BCUT2D eigenvalue weighted by molar-refractivity contribution is 8.01. The molecule has 0 N–H and O–H groups in total. The fourth-order valence-electron chi connectivity index (χ4n) is 3.03. The maximum atomic E-state index is 12.6. The standard InChI is InChI=1S/C14H22N2O4S/c1-9(13(19)20-4)7-15(3)12(18)10-8-21-14(2)6-5-11(17)16(10)14/h9-10H,5-8H2,1-4H3. The van der Waals surface area contributed by atoms with Gasteiger partial charge in [0.2, 0.25) is 11.8 Å². The van der Waals surface area contributed by atoms with Gasteiger partial charge < -0.3 is 14.5 Å². The summed E-state index contributed by atoms with van der Waals surface area (Å²) in [6.07, 6.45) is 1.30. The third kappa shape index (κ3) is 2.88. The van der Waals surface area contributed by atoms with Gasteiger partial charge in [0.25, 0.3) is 0 Å². The van der Waals surface area contributed by atoms with Crippen LogP contribution in [0.3, 0.4) is 0 Å². The van der Waals surface area contributed by atoms with Crippen molar-refractivity contribution in [3.05, 3.63) is 0 Å². The molecule has 21 heavy (non-hydrogen) atoms. The smallest absolute Gasteiger partial charge is 0.310 e. The van der Waals surface area contributed by atoms with Gasteiger partial charge in [-0.25, -0.2) is 0 Å². The summed E-state index contributed by atoms with van der Waals surface area (Å²) in [4.78, 5) is 39.1. The van der Waals surface area contributed by atoms with E-state index in [9.17, 15) is 14.4 Å². The van der Waals surface area contributed by atoms with E-state index in [1.165, 1.54) is 12.0 Å². The molecule has 0 radical (unpaired) electrons. The zero-order valence-electron chi connectivity index (χ0n) is 12.9. The number of hydrogen-bond donors (Lipinski definition) is 0. The van der Waals surface area contributed by atoms with Crippen molar-refractivity contribution in [3.8, 4) is 0 Å². The molecule has 7 heteroatoms. The van der Waals surface area contributed by atoms with E-state index in [2.05, 4.69) is 4.74 Å². The molecule has 0 bridgehead atoms. The first-order chi connectivity index (χ1) is 9.80. The van der Waals surface area contributed by atoms with Crippen LogP contribution in [0.4, 0.5) is 0 Å². The Kier molecular flexibility index (Phi) is 4.51. The van der Waals surface area contributed by atoms with Gasteiger partial charge in [0.1, 0.15) is 6.04 Å². The highest BCUT2D eigenvalue weighted by Gasteiger charge is 2.53. The van der Waals surface area contributed by atoms with Gasteiger partial charge in [-0.3, -0.25) is 14.4 Å². The largest absolute Gasteiger partial charge is 0.469 e. The van der Waals surface area contributed by atoms with E-state index in [1.54, 1.807) is 30.6 Å². The molecular weight excluding hydrogens is 292 g/mol. The van der Waals surface area contributed by atoms with Crippen molar-refractivity contribution in [1.82, 2.24) is 9.80 Å². The van der Waals surface area contributed by atoms with Gasteiger partial charge in [-0.15, -0.1) is 11.8 Å². The van der Waals surface area contributed by atoms with Crippen LogP contribution in [0.15, 0.2) is 0 Å². The number of rotatable bonds is 4. The quantitative estimate of drug-likeness (QED) is 0.715. The van der Waals surface area contributed by atoms with Gasteiger partial charge in [0.15, 0.2) is 0 Å². The van der Waals surface area contributed by atoms with Gasteiger partial charge >= 0.3 is 5.97 Å². The predicted molar refractivity (Wildman–Crippen MR) is 79.5 cm³/mol. The number of methoxy groups -OCH3 is 1. The van der Waals surface area contributed by atoms with Crippen LogP contribution < -0.4 is 0 Å². The number of nitrogens with zero attached hydrogens (tertiary/aromatic N) is 2. The maximum absolute atomic E-state index is 12.6. The average molecular weight is 314 g/mol. The first kappa shape index (κ1) is 16.1. The number of carbonyl (C=O) groups excluding carboxylic acids is 3. The molecule has 6 nitrogen and oxygen atoms in total. The zero-order chi connectivity index (χ0) is 15.8. The Morgan fingerprint density at radius 2 is 2.24 bits per heavy atom. The van der Waals surface area contributed by atoms with Crippen molar-refractivity contribution < 1.29 is 19.1 Å². The van der Waals surface area contributed by atoms with Crippen molar-refractivity contribution >= 4 is 29.5 Å². The van der Waals surface area contributed by atoms with Gasteiger partial charge in [-0.2, -0.15) is 0 Å². The van der Waals surface area contributed by atoms with E-state index in [0.29, 0.717) is 18.7 Å². The zero-order valence-corrected chi connectivity index (χ0v) is 13.7. The summed E-state index contributed by atoms with van der Waals surface area (Å²) in [7, 11) is 3.01. The predicted octanol–water partition coefficient (Wildman–Crippen LogP) is 0.708. The lowest BCUT2D eigenvalue weighted by atomic mass is 10.1. The monoisotopic (exact) mass is 314 g/mol. The van der Waals surface area contributed by atoms with E-state index >= 15 is 0 Å².